The zero-order chi connectivity index (χ0) is 12.9. The van der Waals surface area contributed by atoms with Gasteiger partial charge in [-0.3, -0.25) is 9.36 Å². The molecule has 0 aliphatic carbocycles. The molecule has 2 unspecified atom stereocenters. The summed E-state index contributed by atoms with van der Waals surface area (Å²) < 4.78 is 11.6. The van der Waals surface area contributed by atoms with Crippen LogP contribution in [0.3, 0.4) is 0 Å². The Morgan fingerprint density at radius 1 is 1.35 bits per heavy atom. The number of carbonyl (C=O) groups is 1. The van der Waals surface area contributed by atoms with Gasteiger partial charge in [0.1, 0.15) is 6.16 Å². The second-order valence-electron chi connectivity index (χ2n) is 3.90. The Morgan fingerprint density at radius 3 is 2.47 bits per heavy atom. The molecule has 0 fully saturated rings. The quantitative estimate of drug-likeness (QED) is 0.666. The van der Waals surface area contributed by atoms with Crippen molar-refractivity contribution in [1.82, 2.24) is 0 Å². The number of aryl methyl sites for hydroxylation is 1. The highest BCUT2D eigenvalue weighted by atomic mass is 31.2. The molecule has 0 radical (unpaired) electrons. The topological polar surface area (TPSA) is 101 Å². The van der Waals surface area contributed by atoms with Crippen molar-refractivity contribution in [1.29, 1.82) is 0 Å². The lowest BCUT2D eigenvalue weighted by Gasteiger charge is -2.17. The van der Waals surface area contributed by atoms with Crippen LogP contribution in [0.5, 0.6) is 0 Å². The number of rotatable bonds is 6. The average molecular weight is 257 g/mol. The van der Waals surface area contributed by atoms with Gasteiger partial charge in [0.05, 0.1) is 5.78 Å². The molecule has 2 atom stereocenters. The third kappa shape index (κ3) is 4.69. The lowest BCUT2D eigenvalue weighted by atomic mass is 10.1. The van der Waals surface area contributed by atoms with Crippen LogP contribution < -0.4 is 5.73 Å². The molecule has 0 amide bonds. The van der Waals surface area contributed by atoms with E-state index in [0.717, 1.165) is 5.56 Å². The van der Waals surface area contributed by atoms with Crippen molar-refractivity contribution in [3.05, 3.63) is 35.9 Å². The highest BCUT2D eigenvalue weighted by Crippen LogP contribution is 2.45. The Hall–Kier alpha value is -1.16. The van der Waals surface area contributed by atoms with Crippen molar-refractivity contribution in [3.8, 4) is 0 Å². The number of nitrogens with two attached hydrogens (primary N) is 1. The Bertz CT molecular complexity index is 421. The molecule has 94 valence electrons. The van der Waals surface area contributed by atoms with E-state index in [2.05, 4.69) is 0 Å². The smallest absolute Gasteiger partial charge is 0.313 e. The van der Waals surface area contributed by atoms with Crippen molar-refractivity contribution >= 4 is 13.3 Å². The molecule has 0 bridgehead atoms. The van der Waals surface area contributed by atoms with Crippen LogP contribution >= 0.6 is 7.37 Å². The van der Waals surface area contributed by atoms with Crippen LogP contribution in [0, 0.1) is 0 Å². The Kier molecular flexibility index (Phi) is 4.87. The zero-order valence-electron chi connectivity index (χ0n) is 9.32. The van der Waals surface area contributed by atoms with E-state index in [1.165, 1.54) is 0 Å². The van der Waals surface area contributed by atoms with Crippen molar-refractivity contribution in [2.45, 2.75) is 18.6 Å². The first kappa shape index (κ1) is 13.9. The number of hydrogen-bond donors (Lipinski definition) is 3. The monoisotopic (exact) mass is 257 g/mol. The van der Waals surface area contributed by atoms with Crippen LogP contribution in [-0.2, 0) is 15.8 Å². The molecule has 1 aromatic carbocycles. The van der Waals surface area contributed by atoms with Crippen molar-refractivity contribution < 1.29 is 19.4 Å². The maximum Gasteiger partial charge on any atom is 0.313 e. The predicted octanol–water partition coefficient (Wildman–Crippen LogP) is 1.26. The Labute approximate surface area is 99.7 Å². The van der Waals surface area contributed by atoms with Crippen LogP contribution in [0.2, 0.25) is 0 Å². The van der Waals surface area contributed by atoms with Gasteiger partial charge in [0.25, 0.3) is 0 Å². The molecule has 0 aliphatic heterocycles. The average Bonchev–Trinajstić information content (AvgIpc) is 2.25. The third-order valence-electron chi connectivity index (χ3n) is 2.45. The van der Waals surface area contributed by atoms with E-state index in [1.54, 1.807) is 0 Å². The fourth-order valence-electron chi connectivity index (χ4n) is 1.47. The van der Waals surface area contributed by atoms with Gasteiger partial charge in [-0.1, -0.05) is 30.3 Å². The molecule has 0 aromatic heterocycles. The number of hydrogen-bond acceptors (Lipinski definition) is 3. The second kappa shape index (κ2) is 5.96. The van der Waals surface area contributed by atoms with Crippen LogP contribution in [0.15, 0.2) is 30.3 Å². The highest BCUT2D eigenvalue weighted by molar-refractivity contribution is 7.59. The van der Waals surface area contributed by atoms with E-state index in [0.29, 0.717) is 12.8 Å². The van der Waals surface area contributed by atoms with Gasteiger partial charge < -0.3 is 15.7 Å². The number of benzene rings is 1. The molecule has 0 saturated carbocycles. The minimum atomic E-state index is -3.80. The molecule has 4 N–H and O–H groups in total. The van der Waals surface area contributed by atoms with Gasteiger partial charge in [0.2, 0.25) is 7.37 Å². The molecule has 0 heterocycles. The fourth-order valence-corrected chi connectivity index (χ4v) is 2.63. The molecular formula is C11H16NO4P. The summed E-state index contributed by atoms with van der Waals surface area (Å²) in [5.74, 6) is -2.29. The lowest BCUT2D eigenvalue weighted by Crippen LogP contribution is -2.24. The molecular weight excluding hydrogens is 241 g/mol. The molecule has 0 saturated heterocycles. The summed E-state index contributed by atoms with van der Waals surface area (Å²) in [6.45, 7) is 0. The van der Waals surface area contributed by atoms with Gasteiger partial charge in [-0.25, -0.2) is 0 Å². The summed E-state index contributed by atoms with van der Waals surface area (Å²) in [5, 5.41) is 8.50. The van der Waals surface area contributed by atoms with Gasteiger partial charge >= 0.3 is 5.97 Å². The van der Waals surface area contributed by atoms with Crippen molar-refractivity contribution in [2.24, 2.45) is 5.73 Å². The minimum Gasteiger partial charge on any atom is -0.481 e. The van der Waals surface area contributed by atoms with Gasteiger partial charge in [-0.15, -0.1) is 0 Å². The highest BCUT2D eigenvalue weighted by Gasteiger charge is 2.30. The van der Waals surface area contributed by atoms with Gasteiger partial charge in [-0.05, 0) is 18.4 Å². The second-order valence-corrected chi connectivity index (χ2v) is 6.39. The molecule has 0 spiro atoms. The number of carboxylic acids is 1. The van der Waals surface area contributed by atoms with Crippen molar-refractivity contribution in [3.63, 3.8) is 0 Å². The molecule has 5 nitrogen and oxygen atoms in total. The lowest BCUT2D eigenvalue weighted by molar-refractivity contribution is -0.134. The Morgan fingerprint density at radius 2 is 1.94 bits per heavy atom. The third-order valence-corrected chi connectivity index (χ3v) is 4.47. The van der Waals surface area contributed by atoms with E-state index >= 15 is 0 Å². The fraction of sp³-hybridized carbons (Fsp3) is 0.364. The van der Waals surface area contributed by atoms with E-state index in [4.69, 9.17) is 10.8 Å². The number of aliphatic carboxylic acids is 1. The summed E-state index contributed by atoms with van der Waals surface area (Å²) >= 11 is 0. The first-order valence-electron chi connectivity index (χ1n) is 5.24. The molecule has 1 aromatic rings. The number of carboxylic acid groups (broad SMARTS) is 1. The van der Waals surface area contributed by atoms with Crippen LogP contribution in [0.1, 0.15) is 12.0 Å². The standard InChI is InChI=1S/C11H16NO4P/c12-10(17(15,16)8-11(13)14)7-6-9-4-2-1-3-5-9/h1-5,10H,6-8,12H2,(H,13,14)(H,15,16). The van der Waals surface area contributed by atoms with E-state index < -0.39 is 25.3 Å². The summed E-state index contributed by atoms with van der Waals surface area (Å²) in [6, 6.07) is 9.41. The van der Waals surface area contributed by atoms with E-state index in [1.807, 2.05) is 30.3 Å². The van der Waals surface area contributed by atoms with E-state index in [9.17, 15) is 14.3 Å². The van der Waals surface area contributed by atoms with Crippen LogP contribution in [-0.4, -0.2) is 27.9 Å². The maximum absolute atomic E-state index is 11.6. The summed E-state index contributed by atoms with van der Waals surface area (Å²) in [6.07, 6.45) is 0.0835. The Balaban J connectivity index is 2.52. The minimum absolute atomic E-state index is 0.297. The van der Waals surface area contributed by atoms with Gasteiger partial charge in [0, 0.05) is 0 Å². The SMILES string of the molecule is NC(CCc1ccccc1)P(=O)(O)CC(=O)O. The molecule has 1 rings (SSSR count). The predicted molar refractivity (Wildman–Crippen MR) is 65.1 cm³/mol. The molecule has 0 aliphatic rings. The maximum atomic E-state index is 11.6. The largest absolute Gasteiger partial charge is 0.481 e. The van der Waals surface area contributed by atoms with Gasteiger partial charge in [0.15, 0.2) is 0 Å². The first-order chi connectivity index (χ1) is 7.92. The summed E-state index contributed by atoms with van der Waals surface area (Å²) in [4.78, 5) is 19.9. The normalized spacial score (nSPS) is 16.1. The van der Waals surface area contributed by atoms with E-state index in [-0.39, 0.29) is 0 Å². The van der Waals surface area contributed by atoms with Crippen LogP contribution in [0.25, 0.3) is 0 Å². The molecule has 6 heteroatoms. The molecule has 17 heavy (non-hydrogen) atoms. The van der Waals surface area contributed by atoms with Gasteiger partial charge in [-0.2, -0.15) is 0 Å². The first-order valence-corrected chi connectivity index (χ1v) is 7.16. The van der Waals surface area contributed by atoms with Crippen LogP contribution in [0.4, 0.5) is 0 Å². The summed E-state index contributed by atoms with van der Waals surface area (Å²) in [5.41, 5.74) is 6.58. The summed E-state index contributed by atoms with van der Waals surface area (Å²) in [7, 11) is -3.80. The van der Waals surface area contributed by atoms with Crippen molar-refractivity contribution in [2.75, 3.05) is 6.16 Å². The zero-order valence-corrected chi connectivity index (χ0v) is 10.2.